The highest BCUT2D eigenvalue weighted by atomic mass is 19.1. The molecular weight excluding hydrogens is 321 g/mol. The number of hydrogen-bond acceptors (Lipinski definition) is 3. The topological polar surface area (TPSA) is 55.4 Å². The zero-order valence-corrected chi connectivity index (χ0v) is 14.4. The lowest BCUT2D eigenvalue weighted by Crippen LogP contribution is -2.41. The molecule has 4 unspecified atom stereocenters. The molecule has 0 aliphatic heterocycles. The van der Waals surface area contributed by atoms with Crippen LogP contribution < -0.4 is 5.32 Å². The van der Waals surface area contributed by atoms with Gasteiger partial charge in [-0.15, -0.1) is 0 Å². The average molecular weight is 345 g/mol. The van der Waals surface area contributed by atoms with E-state index in [4.69, 9.17) is 4.74 Å². The maximum Gasteiger partial charge on any atom is 0.331 e. The lowest BCUT2D eigenvalue weighted by Gasteiger charge is -2.28. The van der Waals surface area contributed by atoms with E-state index in [1.54, 1.807) is 12.1 Å². The third-order valence-electron chi connectivity index (χ3n) is 5.45. The monoisotopic (exact) mass is 345 g/mol. The van der Waals surface area contributed by atoms with Gasteiger partial charge in [0.05, 0.1) is 0 Å². The van der Waals surface area contributed by atoms with Crippen molar-refractivity contribution in [1.29, 1.82) is 0 Å². The third-order valence-corrected chi connectivity index (χ3v) is 5.45. The fourth-order valence-electron chi connectivity index (χ4n) is 4.23. The van der Waals surface area contributed by atoms with Crippen molar-refractivity contribution in [2.45, 2.75) is 38.6 Å². The number of benzene rings is 1. The quantitative estimate of drug-likeness (QED) is 0.636. The van der Waals surface area contributed by atoms with Gasteiger partial charge >= 0.3 is 5.97 Å². The zero-order chi connectivity index (χ0) is 17.8. The Bertz CT molecular complexity index is 655. The molecule has 3 rings (SSSR count). The molecule has 5 heteroatoms. The molecule has 0 aromatic heterocycles. The number of carbonyl (C=O) groups is 2. The lowest BCUT2D eigenvalue weighted by atomic mass is 9.84. The van der Waals surface area contributed by atoms with Crippen LogP contribution in [0.1, 0.15) is 38.2 Å². The van der Waals surface area contributed by atoms with Gasteiger partial charge in [-0.2, -0.15) is 0 Å². The summed E-state index contributed by atoms with van der Waals surface area (Å²) in [4.78, 5) is 23.6. The van der Waals surface area contributed by atoms with E-state index in [0.717, 1.165) is 11.8 Å². The fraction of sp³-hybridized carbons (Fsp3) is 0.500. The molecule has 0 radical (unpaired) electrons. The van der Waals surface area contributed by atoms with Crippen LogP contribution in [0.5, 0.6) is 0 Å². The third kappa shape index (κ3) is 4.68. The highest BCUT2D eigenvalue weighted by molar-refractivity contribution is 5.89. The molecule has 1 N–H and O–H groups in total. The molecule has 0 spiro atoms. The van der Waals surface area contributed by atoms with E-state index in [1.807, 2.05) is 6.92 Å². The zero-order valence-electron chi connectivity index (χ0n) is 14.4. The van der Waals surface area contributed by atoms with Gasteiger partial charge in [0, 0.05) is 12.1 Å². The summed E-state index contributed by atoms with van der Waals surface area (Å²) in [7, 11) is 0. The van der Waals surface area contributed by atoms with Crippen LogP contribution in [0.4, 0.5) is 4.39 Å². The van der Waals surface area contributed by atoms with Crippen molar-refractivity contribution in [3.8, 4) is 0 Å². The van der Waals surface area contributed by atoms with Crippen LogP contribution in [0.3, 0.4) is 0 Å². The number of rotatable bonds is 6. The highest BCUT2D eigenvalue weighted by Crippen LogP contribution is 2.49. The Morgan fingerprint density at radius 3 is 2.68 bits per heavy atom. The van der Waals surface area contributed by atoms with Crippen molar-refractivity contribution in [3.05, 3.63) is 41.7 Å². The standard InChI is InChI=1S/C20H24FNO3/c1-13(18-11-15-2-6-16(18)10-15)22-19(23)12-25-20(24)9-5-14-3-7-17(21)8-4-14/h3-5,7-9,13,15-16,18H,2,6,10-12H2,1H3,(H,22,23)/b9-5+. The maximum absolute atomic E-state index is 12.8. The van der Waals surface area contributed by atoms with E-state index in [-0.39, 0.29) is 24.4 Å². The molecule has 1 amide bonds. The molecule has 134 valence electrons. The largest absolute Gasteiger partial charge is 0.452 e. The average Bonchev–Trinajstić information content (AvgIpc) is 3.23. The van der Waals surface area contributed by atoms with E-state index in [0.29, 0.717) is 11.5 Å². The maximum atomic E-state index is 12.8. The Labute approximate surface area is 147 Å². The first kappa shape index (κ1) is 17.6. The molecule has 1 aromatic carbocycles. The summed E-state index contributed by atoms with van der Waals surface area (Å²) in [5, 5.41) is 2.96. The van der Waals surface area contributed by atoms with Crippen LogP contribution in [-0.4, -0.2) is 24.5 Å². The van der Waals surface area contributed by atoms with Gasteiger partial charge in [-0.25, -0.2) is 9.18 Å². The Morgan fingerprint density at radius 2 is 2.04 bits per heavy atom. The normalized spacial score (nSPS) is 25.9. The van der Waals surface area contributed by atoms with Crippen molar-refractivity contribution < 1.29 is 18.7 Å². The second-order valence-electron chi connectivity index (χ2n) is 7.19. The van der Waals surface area contributed by atoms with E-state index < -0.39 is 5.97 Å². The second kappa shape index (κ2) is 7.81. The number of carbonyl (C=O) groups excluding carboxylic acids is 2. The number of halogens is 1. The lowest BCUT2D eigenvalue weighted by molar-refractivity contribution is -0.144. The molecule has 0 saturated heterocycles. The van der Waals surface area contributed by atoms with Crippen molar-refractivity contribution in [2.75, 3.05) is 6.61 Å². The second-order valence-corrected chi connectivity index (χ2v) is 7.19. The summed E-state index contributed by atoms with van der Waals surface area (Å²) in [5.74, 6) is 0.939. The van der Waals surface area contributed by atoms with Gasteiger partial charge in [-0.1, -0.05) is 18.6 Å². The fourth-order valence-corrected chi connectivity index (χ4v) is 4.23. The van der Waals surface area contributed by atoms with Crippen molar-refractivity contribution >= 4 is 18.0 Å². The van der Waals surface area contributed by atoms with Crippen LogP contribution in [0, 0.1) is 23.6 Å². The molecule has 0 heterocycles. The van der Waals surface area contributed by atoms with Gasteiger partial charge in [0.1, 0.15) is 5.82 Å². The van der Waals surface area contributed by atoms with Crippen molar-refractivity contribution in [2.24, 2.45) is 17.8 Å². The first-order chi connectivity index (χ1) is 12.0. The SMILES string of the molecule is CC(NC(=O)COC(=O)/C=C/c1ccc(F)cc1)C1CC2CCC1C2. The van der Waals surface area contributed by atoms with Gasteiger partial charge in [-0.3, -0.25) is 4.79 Å². The van der Waals surface area contributed by atoms with E-state index >= 15 is 0 Å². The highest BCUT2D eigenvalue weighted by Gasteiger charge is 2.42. The molecule has 4 nitrogen and oxygen atoms in total. The number of amides is 1. The Hall–Kier alpha value is -2.17. The summed E-state index contributed by atoms with van der Waals surface area (Å²) >= 11 is 0. The van der Waals surface area contributed by atoms with Crippen LogP contribution >= 0.6 is 0 Å². The number of nitrogens with one attached hydrogen (secondary N) is 1. The van der Waals surface area contributed by atoms with Crippen LogP contribution in [0.25, 0.3) is 6.08 Å². The smallest absolute Gasteiger partial charge is 0.331 e. The summed E-state index contributed by atoms with van der Waals surface area (Å²) in [6.07, 6.45) is 7.87. The molecule has 2 aliphatic carbocycles. The van der Waals surface area contributed by atoms with Gasteiger partial charge in [-0.05, 0) is 67.7 Å². The number of hydrogen-bond donors (Lipinski definition) is 1. The number of esters is 1. The molecule has 2 fully saturated rings. The minimum absolute atomic E-state index is 0.122. The first-order valence-electron chi connectivity index (χ1n) is 8.91. The van der Waals surface area contributed by atoms with E-state index in [9.17, 15) is 14.0 Å². The predicted octanol–water partition coefficient (Wildman–Crippen LogP) is 3.32. The molecule has 1 aromatic rings. The van der Waals surface area contributed by atoms with Crippen LogP contribution in [-0.2, 0) is 14.3 Å². The van der Waals surface area contributed by atoms with Gasteiger partial charge in [0.25, 0.3) is 5.91 Å². The first-order valence-corrected chi connectivity index (χ1v) is 8.91. The summed E-state index contributed by atoms with van der Waals surface area (Å²) < 4.78 is 17.8. The van der Waals surface area contributed by atoms with Gasteiger partial charge in [0.2, 0.25) is 0 Å². The predicted molar refractivity (Wildman–Crippen MR) is 92.9 cm³/mol. The van der Waals surface area contributed by atoms with Crippen molar-refractivity contribution in [1.82, 2.24) is 5.32 Å². The van der Waals surface area contributed by atoms with Crippen LogP contribution in [0.2, 0.25) is 0 Å². The summed E-state index contributed by atoms with van der Waals surface area (Å²) in [6, 6.07) is 5.87. The van der Waals surface area contributed by atoms with Gasteiger partial charge in [0.15, 0.2) is 6.61 Å². The Kier molecular flexibility index (Phi) is 5.51. The molecule has 2 saturated carbocycles. The number of fused-ring (bicyclic) bond motifs is 2. The summed E-state index contributed by atoms with van der Waals surface area (Å²) in [6.45, 7) is 1.76. The minimum Gasteiger partial charge on any atom is -0.452 e. The van der Waals surface area contributed by atoms with Gasteiger partial charge < -0.3 is 10.1 Å². The Morgan fingerprint density at radius 1 is 1.28 bits per heavy atom. The van der Waals surface area contributed by atoms with E-state index in [1.165, 1.54) is 50.0 Å². The van der Waals surface area contributed by atoms with E-state index in [2.05, 4.69) is 5.32 Å². The van der Waals surface area contributed by atoms with Crippen molar-refractivity contribution in [3.63, 3.8) is 0 Å². The molecule has 2 aliphatic rings. The number of ether oxygens (including phenoxy) is 1. The molecule has 25 heavy (non-hydrogen) atoms. The molecular formula is C20H24FNO3. The van der Waals surface area contributed by atoms with Crippen LogP contribution in [0.15, 0.2) is 30.3 Å². The molecule has 2 bridgehead atoms. The molecule has 4 atom stereocenters. The summed E-state index contributed by atoms with van der Waals surface area (Å²) in [5.41, 5.74) is 0.688. The minimum atomic E-state index is -0.591. The Balaban J connectivity index is 1.39.